The Morgan fingerprint density at radius 2 is 2.17 bits per heavy atom. The van der Waals surface area contributed by atoms with Gasteiger partial charge in [-0.15, -0.1) is 5.10 Å². The van der Waals surface area contributed by atoms with Crippen LogP contribution in [0.5, 0.6) is 0 Å². The highest BCUT2D eigenvalue weighted by Crippen LogP contribution is 2.18. The van der Waals surface area contributed by atoms with Crippen molar-refractivity contribution in [1.82, 2.24) is 19.7 Å². The minimum Gasteiger partial charge on any atom is -0.478 e. The highest BCUT2D eigenvalue weighted by molar-refractivity contribution is 5.93. The molecule has 0 radical (unpaired) electrons. The number of carbonyl (C=O) groups is 1. The summed E-state index contributed by atoms with van der Waals surface area (Å²) >= 11 is 0. The molecule has 0 fully saturated rings. The lowest BCUT2D eigenvalue weighted by Crippen LogP contribution is -2.13. The fourth-order valence-corrected chi connectivity index (χ4v) is 1.58. The van der Waals surface area contributed by atoms with E-state index in [1.165, 1.54) is 17.0 Å². The number of aromatic nitrogens is 4. The van der Waals surface area contributed by atoms with Crippen LogP contribution >= 0.6 is 0 Å². The van der Waals surface area contributed by atoms with Gasteiger partial charge in [-0.3, -0.25) is 4.57 Å². The maximum Gasteiger partial charge on any atom is 0.339 e. The summed E-state index contributed by atoms with van der Waals surface area (Å²) in [6, 6.07) is 1.87. The lowest BCUT2D eigenvalue weighted by molar-refractivity contribution is 0.0695. The van der Waals surface area contributed by atoms with E-state index in [4.69, 9.17) is 5.26 Å². The normalized spacial score (nSPS) is 10.1. The Kier molecular flexibility index (Phi) is 2.77. The molecule has 7 nitrogen and oxygen atoms in total. The van der Waals surface area contributed by atoms with Crippen molar-refractivity contribution in [3.8, 4) is 11.9 Å². The number of rotatable bonds is 2. The van der Waals surface area contributed by atoms with Crippen LogP contribution in [0.1, 0.15) is 27.4 Å². The molecule has 0 aliphatic carbocycles. The second-order valence-corrected chi connectivity index (χ2v) is 3.65. The highest BCUT2D eigenvalue weighted by atomic mass is 16.4. The SMILES string of the molecule is Cc1nnc(-n2ccnc2C#N)c(C(=O)O)c1C. The smallest absolute Gasteiger partial charge is 0.339 e. The standard InChI is InChI=1S/C11H9N5O2/c1-6-7(2)14-15-10(9(6)11(17)18)16-4-3-13-8(16)5-12/h3-4H,1-2H3,(H,17,18). The van der Waals surface area contributed by atoms with Crippen molar-refractivity contribution in [2.75, 3.05) is 0 Å². The number of hydrogen-bond acceptors (Lipinski definition) is 5. The molecule has 0 aromatic carbocycles. The van der Waals surface area contributed by atoms with E-state index in [0.29, 0.717) is 11.3 Å². The number of hydrogen-bond donors (Lipinski definition) is 1. The molecule has 1 N–H and O–H groups in total. The minimum absolute atomic E-state index is 0.0250. The van der Waals surface area contributed by atoms with Crippen molar-refractivity contribution in [1.29, 1.82) is 5.26 Å². The Hall–Kier alpha value is -2.75. The van der Waals surface area contributed by atoms with Gasteiger partial charge in [0, 0.05) is 12.4 Å². The van der Waals surface area contributed by atoms with Gasteiger partial charge in [-0.25, -0.2) is 9.78 Å². The third-order valence-corrected chi connectivity index (χ3v) is 2.62. The van der Waals surface area contributed by atoms with Gasteiger partial charge in [0.15, 0.2) is 5.82 Å². The Bertz CT molecular complexity index is 669. The first kappa shape index (κ1) is 11.7. The average molecular weight is 243 g/mol. The molecule has 0 aliphatic rings. The Balaban J connectivity index is 2.77. The average Bonchev–Trinajstić information content (AvgIpc) is 2.79. The molecule has 2 aromatic rings. The van der Waals surface area contributed by atoms with Gasteiger partial charge in [0.2, 0.25) is 5.82 Å². The van der Waals surface area contributed by atoms with Crippen molar-refractivity contribution in [2.45, 2.75) is 13.8 Å². The Labute approximate surface area is 102 Å². The van der Waals surface area contributed by atoms with Crippen LogP contribution in [0.25, 0.3) is 5.82 Å². The van der Waals surface area contributed by atoms with E-state index in [9.17, 15) is 9.90 Å². The fraction of sp³-hybridized carbons (Fsp3) is 0.182. The number of carboxylic acids is 1. The molecule has 2 heterocycles. The summed E-state index contributed by atoms with van der Waals surface area (Å²) in [6.07, 6.45) is 2.88. The van der Waals surface area contributed by atoms with Crippen LogP contribution in [0.3, 0.4) is 0 Å². The zero-order chi connectivity index (χ0) is 13.3. The monoisotopic (exact) mass is 243 g/mol. The Morgan fingerprint density at radius 1 is 1.44 bits per heavy atom. The molecular formula is C11H9N5O2. The second kappa shape index (κ2) is 4.25. The van der Waals surface area contributed by atoms with Gasteiger partial charge in [0.25, 0.3) is 0 Å². The highest BCUT2D eigenvalue weighted by Gasteiger charge is 2.20. The lowest BCUT2D eigenvalue weighted by atomic mass is 10.1. The van der Waals surface area contributed by atoms with E-state index in [0.717, 1.165) is 0 Å². The van der Waals surface area contributed by atoms with Gasteiger partial charge in [0.05, 0.1) is 5.69 Å². The van der Waals surface area contributed by atoms with Crippen LogP contribution in [-0.2, 0) is 0 Å². The van der Waals surface area contributed by atoms with Crippen LogP contribution in [0, 0.1) is 25.2 Å². The number of aryl methyl sites for hydroxylation is 1. The van der Waals surface area contributed by atoms with Gasteiger partial charge >= 0.3 is 5.97 Å². The molecule has 2 rings (SSSR count). The van der Waals surface area contributed by atoms with Gasteiger partial charge in [-0.05, 0) is 19.4 Å². The van der Waals surface area contributed by atoms with Gasteiger partial charge in [0.1, 0.15) is 11.6 Å². The van der Waals surface area contributed by atoms with Crippen molar-refractivity contribution in [3.63, 3.8) is 0 Å². The summed E-state index contributed by atoms with van der Waals surface area (Å²) in [7, 11) is 0. The molecule has 0 unspecified atom stereocenters. The van der Waals surface area contributed by atoms with Crippen molar-refractivity contribution >= 4 is 5.97 Å². The Morgan fingerprint density at radius 3 is 2.78 bits per heavy atom. The predicted molar refractivity (Wildman–Crippen MR) is 60.3 cm³/mol. The van der Waals surface area contributed by atoms with Crippen LogP contribution in [-0.4, -0.2) is 30.8 Å². The van der Waals surface area contributed by atoms with Gasteiger partial charge < -0.3 is 5.11 Å². The largest absolute Gasteiger partial charge is 0.478 e. The van der Waals surface area contributed by atoms with E-state index >= 15 is 0 Å². The molecule has 18 heavy (non-hydrogen) atoms. The third-order valence-electron chi connectivity index (χ3n) is 2.62. The van der Waals surface area contributed by atoms with E-state index in [-0.39, 0.29) is 17.2 Å². The lowest BCUT2D eigenvalue weighted by Gasteiger charge is -2.09. The molecule has 90 valence electrons. The predicted octanol–water partition coefficient (Wildman–Crippen LogP) is 0.849. The number of nitriles is 1. The second-order valence-electron chi connectivity index (χ2n) is 3.65. The minimum atomic E-state index is -1.11. The maximum atomic E-state index is 11.3. The summed E-state index contributed by atoms with van der Waals surface area (Å²) in [5, 5.41) is 25.9. The first-order chi connectivity index (χ1) is 8.56. The zero-order valence-electron chi connectivity index (χ0n) is 9.75. The molecule has 0 amide bonds. The molecule has 0 saturated carbocycles. The van der Waals surface area contributed by atoms with Gasteiger partial charge in [-0.2, -0.15) is 10.4 Å². The number of imidazole rings is 1. The summed E-state index contributed by atoms with van der Waals surface area (Å²) in [6.45, 7) is 3.33. The van der Waals surface area contributed by atoms with Crippen molar-refractivity contribution < 1.29 is 9.90 Å². The molecular weight excluding hydrogens is 234 g/mol. The number of aromatic carboxylic acids is 1. The van der Waals surface area contributed by atoms with Crippen LogP contribution in [0.4, 0.5) is 0 Å². The molecule has 7 heteroatoms. The summed E-state index contributed by atoms with van der Waals surface area (Å²) in [4.78, 5) is 15.1. The van der Waals surface area contributed by atoms with Gasteiger partial charge in [-0.1, -0.05) is 0 Å². The van der Waals surface area contributed by atoms with E-state index in [2.05, 4.69) is 15.2 Å². The zero-order valence-corrected chi connectivity index (χ0v) is 9.75. The summed E-state index contributed by atoms with van der Waals surface area (Å²) < 4.78 is 1.31. The van der Waals surface area contributed by atoms with Crippen molar-refractivity contribution in [3.05, 3.63) is 35.0 Å². The first-order valence-electron chi connectivity index (χ1n) is 5.07. The summed E-state index contributed by atoms with van der Waals surface area (Å²) in [5.74, 6) is -0.951. The maximum absolute atomic E-state index is 11.3. The van der Waals surface area contributed by atoms with Crippen LogP contribution < -0.4 is 0 Å². The van der Waals surface area contributed by atoms with Crippen LogP contribution in [0.2, 0.25) is 0 Å². The molecule has 0 saturated heterocycles. The molecule has 0 atom stereocenters. The fourth-order valence-electron chi connectivity index (χ4n) is 1.58. The number of carboxylic acid groups (broad SMARTS) is 1. The molecule has 0 bridgehead atoms. The van der Waals surface area contributed by atoms with E-state index in [1.807, 2.05) is 6.07 Å². The van der Waals surface area contributed by atoms with E-state index < -0.39 is 5.97 Å². The topological polar surface area (TPSA) is 105 Å². The molecule has 0 aliphatic heterocycles. The van der Waals surface area contributed by atoms with E-state index in [1.54, 1.807) is 13.8 Å². The molecule has 0 spiro atoms. The first-order valence-corrected chi connectivity index (χ1v) is 5.07. The third kappa shape index (κ3) is 1.69. The van der Waals surface area contributed by atoms with Crippen LogP contribution in [0.15, 0.2) is 12.4 Å². The quantitative estimate of drug-likeness (QED) is 0.838. The summed E-state index contributed by atoms with van der Waals surface area (Å²) in [5.41, 5.74) is 1.08. The molecule has 2 aromatic heterocycles. The van der Waals surface area contributed by atoms with Crippen molar-refractivity contribution in [2.24, 2.45) is 0 Å². The number of nitrogens with zero attached hydrogens (tertiary/aromatic N) is 5.